The maximum atomic E-state index is 12.3. The molecule has 0 bridgehead atoms. The second kappa shape index (κ2) is 9.11. The van der Waals surface area contributed by atoms with Gasteiger partial charge in [-0.05, 0) is 35.4 Å². The highest BCUT2D eigenvalue weighted by atomic mass is 79.9. The van der Waals surface area contributed by atoms with Crippen LogP contribution in [0.3, 0.4) is 0 Å². The summed E-state index contributed by atoms with van der Waals surface area (Å²) in [7, 11) is 4.49. The number of hydrogen-bond donors (Lipinski definition) is 1. The Hall–Kier alpha value is -2.72. The minimum Gasteiger partial charge on any atom is -0.493 e. The van der Waals surface area contributed by atoms with Crippen molar-refractivity contribution in [3.05, 3.63) is 52.0 Å². The summed E-state index contributed by atoms with van der Waals surface area (Å²) in [6, 6.07) is 12.0. The Morgan fingerprint density at radius 3 is 2.31 bits per heavy atom. The molecular weight excluding hydrogens is 400 g/mol. The second-order valence-corrected chi connectivity index (χ2v) is 6.31. The third kappa shape index (κ3) is 4.67. The van der Waals surface area contributed by atoms with Gasteiger partial charge in [-0.25, -0.2) is 0 Å². The van der Waals surface area contributed by atoms with Crippen LogP contribution in [0.15, 0.2) is 40.9 Å². The molecule has 1 atom stereocenters. The Kier molecular flexibility index (Phi) is 6.87. The summed E-state index contributed by atoms with van der Waals surface area (Å²) in [6.45, 7) is 0. The van der Waals surface area contributed by atoms with Crippen molar-refractivity contribution >= 4 is 21.8 Å². The molecule has 1 N–H and O–H groups in total. The van der Waals surface area contributed by atoms with E-state index in [1.165, 1.54) is 21.3 Å². The fourth-order valence-electron chi connectivity index (χ4n) is 2.50. The minimum atomic E-state index is -0.844. The summed E-state index contributed by atoms with van der Waals surface area (Å²) in [4.78, 5) is 12.3. The number of nitrogens with zero attached hydrogens (tertiary/aromatic N) is 1. The molecule has 0 spiro atoms. The van der Waals surface area contributed by atoms with Gasteiger partial charge in [0.1, 0.15) is 6.04 Å². The molecule has 2 aromatic carbocycles. The Labute approximate surface area is 160 Å². The predicted molar refractivity (Wildman–Crippen MR) is 100 cm³/mol. The van der Waals surface area contributed by atoms with Gasteiger partial charge in [-0.3, -0.25) is 4.79 Å². The maximum absolute atomic E-state index is 12.3. The van der Waals surface area contributed by atoms with E-state index in [0.29, 0.717) is 22.8 Å². The van der Waals surface area contributed by atoms with Crippen LogP contribution in [-0.2, 0) is 11.2 Å². The number of amides is 1. The Morgan fingerprint density at radius 2 is 1.81 bits per heavy atom. The number of carbonyl (C=O) groups is 1. The number of benzene rings is 2. The minimum absolute atomic E-state index is 0.169. The van der Waals surface area contributed by atoms with Crippen molar-refractivity contribution in [1.29, 1.82) is 5.26 Å². The molecule has 0 saturated carbocycles. The first-order valence-electron chi connectivity index (χ1n) is 7.75. The predicted octanol–water partition coefficient (Wildman–Crippen LogP) is 3.40. The summed E-state index contributed by atoms with van der Waals surface area (Å²) in [5.74, 6) is 1.01. The highest BCUT2D eigenvalue weighted by Gasteiger charge is 2.20. The van der Waals surface area contributed by atoms with Gasteiger partial charge in [-0.15, -0.1) is 0 Å². The van der Waals surface area contributed by atoms with E-state index in [1.807, 2.05) is 24.3 Å². The van der Waals surface area contributed by atoms with E-state index in [2.05, 4.69) is 27.3 Å². The van der Waals surface area contributed by atoms with Crippen molar-refractivity contribution in [2.24, 2.45) is 0 Å². The highest BCUT2D eigenvalue weighted by Crippen LogP contribution is 2.39. The highest BCUT2D eigenvalue weighted by molar-refractivity contribution is 9.10. The van der Waals surface area contributed by atoms with Gasteiger partial charge in [0.25, 0.3) is 0 Å². The normalized spacial score (nSPS) is 11.2. The molecular formula is C19H19BrN2O4. The number of carbonyl (C=O) groups excluding carboxylic acids is 1. The number of nitriles is 1. The van der Waals surface area contributed by atoms with Gasteiger partial charge in [0.15, 0.2) is 11.5 Å². The zero-order valence-electron chi connectivity index (χ0n) is 14.7. The fourth-order valence-corrected chi connectivity index (χ4v) is 2.95. The Morgan fingerprint density at radius 1 is 1.15 bits per heavy atom. The molecule has 0 aliphatic heterocycles. The van der Waals surface area contributed by atoms with E-state index in [4.69, 9.17) is 14.2 Å². The van der Waals surface area contributed by atoms with Crippen LogP contribution in [0.5, 0.6) is 17.2 Å². The first kappa shape index (κ1) is 19.6. The lowest BCUT2D eigenvalue weighted by Crippen LogP contribution is -2.29. The first-order chi connectivity index (χ1) is 12.5. The van der Waals surface area contributed by atoms with Crippen molar-refractivity contribution in [3.8, 4) is 23.3 Å². The topological polar surface area (TPSA) is 80.6 Å². The van der Waals surface area contributed by atoms with Gasteiger partial charge in [0.2, 0.25) is 11.7 Å². The molecule has 0 aliphatic rings. The molecule has 0 aromatic heterocycles. The van der Waals surface area contributed by atoms with Gasteiger partial charge >= 0.3 is 0 Å². The smallest absolute Gasteiger partial charge is 0.225 e. The molecule has 0 saturated heterocycles. The summed E-state index contributed by atoms with van der Waals surface area (Å²) < 4.78 is 16.8. The molecule has 1 amide bonds. The third-order valence-electron chi connectivity index (χ3n) is 3.71. The largest absolute Gasteiger partial charge is 0.493 e. The van der Waals surface area contributed by atoms with Gasteiger partial charge in [-0.2, -0.15) is 5.26 Å². The summed E-state index contributed by atoms with van der Waals surface area (Å²) in [5, 5.41) is 12.2. The lowest BCUT2D eigenvalue weighted by Gasteiger charge is -2.17. The summed E-state index contributed by atoms with van der Waals surface area (Å²) in [5.41, 5.74) is 1.39. The molecule has 0 radical (unpaired) electrons. The van der Waals surface area contributed by atoms with E-state index in [1.54, 1.807) is 12.1 Å². The standard InChI is InChI=1S/C19H19BrN2O4/c1-24-16-9-13(10-17(25-2)19(16)26-3)15(11-21)22-18(23)8-12-5-4-6-14(20)7-12/h4-7,9-10,15H,8H2,1-3H3,(H,22,23). The van der Waals surface area contributed by atoms with Crippen LogP contribution >= 0.6 is 15.9 Å². The van der Waals surface area contributed by atoms with E-state index in [9.17, 15) is 10.1 Å². The second-order valence-electron chi connectivity index (χ2n) is 5.39. The van der Waals surface area contributed by atoms with Crippen molar-refractivity contribution in [2.75, 3.05) is 21.3 Å². The number of hydrogen-bond acceptors (Lipinski definition) is 5. The van der Waals surface area contributed by atoms with Crippen LogP contribution in [0.4, 0.5) is 0 Å². The maximum Gasteiger partial charge on any atom is 0.225 e. The fraction of sp³-hybridized carbons (Fsp3) is 0.263. The van der Waals surface area contributed by atoms with Crippen LogP contribution in [0.1, 0.15) is 17.2 Å². The molecule has 0 aliphatic carbocycles. The number of nitrogens with one attached hydrogen (secondary N) is 1. The molecule has 0 fully saturated rings. The van der Waals surface area contributed by atoms with Crippen molar-refractivity contribution in [3.63, 3.8) is 0 Å². The molecule has 6 nitrogen and oxygen atoms in total. The summed E-state index contributed by atoms with van der Waals surface area (Å²) >= 11 is 3.37. The zero-order valence-corrected chi connectivity index (χ0v) is 16.3. The molecule has 7 heteroatoms. The third-order valence-corrected chi connectivity index (χ3v) is 4.20. The average molecular weight is 419 g/mol. The molecule has 0 heterocycles. The van der Waals surface area contributed by atoms with Crippen LogP contribution in [0, 0.1) is 11.3 Å². The summed E-state index contributed by atoms with van der Waals surface area (Å²) in [6.07, 6.45) is 0.169. The van der Waals surface area contributed by atoms with E-state index in [0.717, 1.165) is 10.0 Å². The van der Waals surface area contributed by atoms with E-state index >= 15 is 0 Å². The molecule has 136 valence electrons. The van der Waals surface area contributed by atoms with Crippen LogP contribution in [0.25, 0.3) is 0 Å². The monoisotopic (exact) mass is 418 g/mol. The number of ether oxygens (including phenoxy) is 3. The molecule has 26 heavy (non-hydrogen) atoms. The SMILES string of the molecule is COc1cc(C(C#N)NC(=O)Cc2cccc(Br)c2)cc(OC)c1OC. The zero-order chi connectivity index (χ0) is 19.1. The van der Waals surface area contributed by atoms with Crippen molar-refractivity contribution in [2.45, 2.75) is 12.5 Å². The van der Waals surface area contributed by atoms with Gasteiger partial charge in [0, 0.05) is 4.47 Å². The van der Waals surface area contributed by atoms with Crippen molar-refractivity contribution < 1.29 is 19.0 Å². The molecule has 1 unspecified atom stereocenters. The quantitative estimate of drug-likeness (QED) is 0.744. The van der Waals surface area contributed by atoms with Gasteiger partial charge < -0.3 is 19.5 Å². The average Bonchev–Trinajstić information content (AvgIpc) is 2.64. The van der Waals surface area contributed by atoms with Gasteiger partial charge in [-0.1, -0.05) is 28.1 Å². The Balaban J connectivity index is 2.22. The van der Waals surface area contributed by atoms with Crippen molar-refractivity contribution in [1.82, 2.24) is 5.32 Å². The Bertz CT molecular complexity index is 808. The van der Waals surface area contributed by atoms with Crippen LogP contribution in [-0.4, -0.2) is 27.2 Å². The lowest BCUT2D eigenvalue weighted by atomic mass is 10.1. The number of halogens is 1. The number of rotatable bonds is 7. The van der Waals surface area contributed by atoms with Crippen LogP contribution in [0.2, 0.25) is 0 Å². The van der Waals surface area contributed by atoms with E-state index < -0.39 is 6.04 Å². The van der Waals surface area contributed by atoms with E-state index in [-0.39, 0.29) is 12.3 Å². The lowest BCUT2D eigenvalue weighted by molar-refractivity contribution is -0.120. The van der Waals surface area contributed by atoms with Crippen LogP contribution < -0.4 is 19.5 Å². The first-order valence-corrected chi connectivity index (χ1v) is 8.55. The number of methoxy groups -OCH3 is 3. The molecule has 2 rings (SSSR count). The van der Waals surface area contributed by atoms with Gasteiger partial charge in [0.05, 0.1) is 33.8 Å². The molecule has 2 aromatic rings.